The predicted octanol–water partition coefficient (Wildman–Crippen LogP) is 2.52. The zero-order valence-electron chi connectivity index (χ0n) is 11.6. The number of rotatable bonds is 4. The maximum absolute atomic E-state index is 12.1. The molecule has 3 N–H and O–H groups in total. The molecule has 0 fully saturated rings. The minimum absolute atomic E-state index is 0.168. The highest BCUT2D eigenvalue weighted by molar-refractivity contribution is 5.99. The van der Waals surface area contributed by atoms with Crippen molar-refractivity contribution in [2.45, 2.75) is 13.5 Å². The van der Waals surface area contributed by atoms with Crippen LogP contribution in [-0.2, 0) is 6.54 Å². The molecular weight excluding hydrogens is 252 g/mol. The summed E-state index contributed by atoms with van der Waals surface area (Å²) in [6.07, 6.45) is 0. The number of benzene rings is 2. The number of nitrogens with one attached hydrogen (secondary N) is 1. The molecule has 0 saturated carbocycles. The van der Waals surface area contributed by atoms with E-state index in [4.69, 9.17) is 10.5 Å². The average Bonchev–Trinajstić information content (AvgIpc) is 2.45. The Labute approximate surface area is 118 Å². The van der Waals surface area contributed by atoms with Crippen molar-refractivity contribution in [3.8, 4) is 5.75 Å². The third-order valence-corrected chi connectivity index (χ3v) is 3.06. The minimum atomic E-state index is -0.168. The second kappa shape index (κ2) is 6.10. The van der Waals surface area contributed by atoms with Gasteiger partial charge in [0.15, 0.2) is 0 Å². The lowest BCUT2D eigenvalue weighted by Crippen LogP contribution is -2.23. The summed E-state index contributed by atoms with van der Waals surface area (Å²) in [6, 6.07) is 13.0. The Hall–Kier alpha value is -2.49. The monoisotopic (exact) mass is 270 g/mol. The second-order valence-corrected chi connectivity index (χ2v) is 4.62. The first-order valence-corrected chi connectivity index (χ1v) is 6.37. The molecule has 104 valence electrons. The van der Waals surface area contributed by atoms with E-state index in [2.05, 4.69) is 5.32 Å². The Morgan fingerprint density at radius 2 is 1.90 bits per heavy atom. The summed E-state index contributed by atoms with van der Waals surface area (Å²) >= 11 is 0. The molecule has 0 radical (unpaired) electrons. The Bertz CT molecular complexity index is 606. The van der Waals surface area contributed by atoms with Crippen LogP contribution in [0.25, 0.3) is 0 Å². The van der Waals surface area contributed by atoms with Gasteiger partial charge in [-0.3, -0.25) is 4.79 Å². The zero-order valence-corrected chi connectivity index (χ0v) is 11.6. The van der Waals surface area contributed by atoms with Gasteiger partial charge in [0.1, 0.15) is 5.75 Å². The highest BCUT2D eigenvalue weighted by Crippen LogP contribution is 2.14. The average molecular weight is 270 g/mol. The summed E-state index contributed by atoms with van der Waals surface area (Å²) in [5.74, 6) is 0.626. The third kappa shape index (κ3) is 3.29. The van der Waals surface area contributed by atoms with Crippen LogP contribution in [0.2, 0.25) is 0 Å². The van der Waals surface area contributed by atoms with Gasteiger partial charge in [-0.2, -0.15) is 0 Å². The number of anilines is 1. The van der Waals surface area contributed by atoms with Gasteiger partial charge in [0, 0.05) is 12.2 Å². The molecule has 2 rings (SSSR count). The van der Waals surface area contributed by atoms with E-state index in [9.17, 15) is 4.79 Å². The molecule has 4 nitrogen and oxygen atoms in total. The molecule has 0 atom stereocenters. The molecule has 0 saturated heterocycles. The Balaban J connectivity index is 2.00. The van der Waals surface area contributed by atoms with E-state index in [0.717, 1.165) is 16.9 Å². The summed E-state index contributed by atoms with van der Waals surface area (Å²) in [5, 5.41) is 2.85. The van der Waals surface area contributed by atoms with Crippen LogP contribution >= 0.6 is 0 Å². The van der Waals surface area contributed by atoms with Gasteiger partial charge in [-0.15, -0.1) is 0 Å². The molecule has 0 aromatic heterocycles. The number of methoxy groups -OCH3 is 1. The predicted molar refractivity (Wildman–Crippen MR) is 79.8 cm³/mol. The molecule has 0 unspecified atom stereocenters. The summed E-state index contributed by atoms with van der Waals surface area (Å²) in [7, 11) is 1.62. The van der Waals surface area contributed by atoms with E-state index in [1.807, 2.05) is 37.3 Å². The first-order valence-electron chi connectivity index (χ1n) is 6.37. The molecule has 4 heteroatoms. The molecule has 20 heavy (non-hydrogen) atoms. The van der Waals surface area contributed by atoms with Crippen molar-refractivity contribution < 1.29 is 9.53 Å². The van der Waals surface area contributed by atoms with Crippen molar-refractivity contribution in [1.29, 1.82) is 0 Å². The molecule has 0 bridgehead atoms. The van der Waals surface area contributed by atoms with Crippen molar-refractivity contribution in [3.05, 3.63) is 59.2 Å². The summed E-state index contributed by atoms with van der Waals surface area (Å²) < 4.78 is 5.09. The van der Waals surface area contributed by atoms with Gasteiger partial charge in [0.25, 0.3) is 5.91 Å². The first kappa shape index (κ1) is 13.9. The second-order valence-electron chi connectivity index (χ2n) is 4.62. The van der Waals surface area contributed by atoms with Gasteiger partial charge in [0.2, 0.25) is 0 Å². The lowest BCUT2D eigenvalue weighted by atomic mass is 10.1. The van der Waals surface area contributed by atoms with E-state index >= 15 is 0 Å². The maximum atomic E-state index is 12.1. The van der Waals surface area contributed by atoms with Crippen molar-refractivity contribution >= 4 is 11.6 Å². The van der Waals surface area contributed by atoms with Crippen LogP contribution in [0.4, 0.5) is 5.69 Å². The molecule has 0 aliphatic carbocycles. The largest absolute Gasteiger partial charge is 0.497 e. The number of aryl methyl sites for hydroxylation is 1. The fraction of sp³-hybridized carbons (Fsp3) is 0.188. The SMILES string of the molecule is COc1ccc(CNC(=O)c2ccc(C)cc2N)cc1. The smallest absolute Gasteiger partial charge is 0.253 e. The van der Waals surface area contributed by atoms with Gasteiger partial charge in [0.05, 0.1) is 12.7 Å². The zero-order chi connectivity index (χ0) is 14.5. The summed E-state index contributed by atoms with van der Waals surface area (Å²) in [4.78, 5) is 12.1. The van der Waals surface area contributed by atoms with Gasteiger partial charge in [-0.05, 0) is 42.3 Å². The van der Waals surface area contributed by atoms with E-state index in [0.29, 0.717) is 17.8 Å². The van der Waals surface area contributed by atoms with Crippen LogP contribution in [0.15, 0.2) is 42.5 Å². The quantitative estimate of drug-likeness (QED) is 0.839. The van der Waals surface area contributed by atoms with Gasteiger partial charge in [-0.25, -0.2) is 0 Å². The van der Waals surface area contributed by atoms with Crippen LogP contribution in [0.5, 0.6) is 5.75 Å². The minimum Gasteiger partial charge on any atom is -0.497 e. The molecule has 0 aliphatic rings. The summed E-state index contributed by atoms with van der Waals surface area (Å²) in [6.45, 7) is 2.39. The highest BCUT2D eigenvalue weighted by atomic mass is 16.5. The number of carbonyl (C=O) groups excluding carboxylic acids is 1. The highest BCUT2D eigenvalue weighted by Gasteiger charge is 2.09. The summed E-state index contributed by atoms with van der Waals surface area (Å²) in [5.41, 5.74) is 8.89. The molecule has 0 aliphatic heterocycles. The Kier molecular flexibility index (Phi) is 4.25. The number of carbonyl (C=O) groups is 1. The van der Waals surface area contributed by atoms with E-state index in [1.54, 1.807) is 19.2 Å². The van der Waals surface area contributed by atoms with Crippen LogP contribution in [-0.4, -0.2) is 13.0 Å². The molecule has 2 aromatic carbocycles. The van der Waals surface area contributed by atoms with Crippen LogP contribution in [0.1, 0.15) is 21.5 Å². The Morgan fingerprint density at radius 1 is 1.20 bits per heavy atom. The molecule has 0 heterocycles. The van der Waals surface area contributed by atoms with E-state index in [1.165, 1.54) is 0 Å². The molecule has 0 spiro atoms. The number of hydrogen-bond acceptors (Lipinski definition) is 3. The number of hydrogen-bond donors (Lipinski definition) is 2. The Morgan fingerprint density at radius 3 is 2.50 bits per heavy atom. The number of nitrogen functional groups attached to an aromatic ring is 1. The topological polar surface area (TPSA) is 64.3 Å². The fourth-order valence-electron chi connectivity index (χ4n) is 1.91. The number of amides is 1. The number of ether oxygens (including phenoxy) is 1. The van der Waals surface area contributed by atoms with Gasteiger partial charge >= 0.3 is 0 Å². The lowest BCUT2D eigenvalue weighted by Gasteiger charge is -2.09. The lowest BCUT2D eigenvalue weighted by molar-refractivity contribution is 0.0952. The first-order chi connectivity index (χ1) is 9.60. The fourth-order valence-corrected chi connectivity index (χ4v) is 1.91. The molecule has 2 aromatic rings. The van der Waals surface area contributed by atoms with Crippen LogP contribution in [0, 0.1) is 6.92 Å². The van der Waals surface area contributed by atoms with Crippen molar-refractivity contribution in [2.75, 3.05) is 12.8 Å². The normalized spacial score (nSPS) is 10.1. The van der Waals surface area contributed by atoms with E-state index in [-0.39, 0.29) is 5.91 Å². The van der Waals surface area contributed by atoms with Gasteiger partial charge < -0.3 is 15.8 Å². The van der Waals surface area contributed by atoms with E-state index < -0.39 is 0 Å². The third-order valence-electron chi connectivity index (χ3n) is 3.06. The number of nitrogens with two attached hydrogens (primary N) is 1. The van der Waals surface area contributed by atoms with Crippen molar-refractivity contribution in [2.24, 2.45) is 0 Å². The molecule has 1 amide bonds. The van der Waals surface area contributed by atoms with Crippen LogP contribution in [0.3, 0.4) is 0 Å². The molecular formula is C16H18N2O2. The van der Waals surface area contributed by atoms with Crippen LogP contribution < -0.4 is 15.8 Å². The van der Waals surface area contributed by atoms with Crippen molar-refractivity contribution in [1.82, 2.24) is 5.32 Å². The maximum Gasteiger partial charge on any atom is 0.253 e. The van der Waals surface area contributed by atoms with Gasteiger partial charge in [-0.1, -0.05) is 18.2 Å². The van der Waals surface area contributed by atoms with Crippen molar-refractivity contribution in [3.63, 3.8) is 0 Å². The standard InChI is InChI=1S/C16H18N2O2/c1-11-3-8-14(15(17)9-11)16(19)18-10-12-4-6-13(20-2)7-5-12/h3-9H,10,17H2,1-2H3,(H,18,19).